The maximum Gasteiger partial charge on any atom is 0.416 e. The molecule has 1 heterocycles. The highest BCUT2D eigenvalue weighted by atomic mass is 19.4. The molecule has 258 valence electrons. The number of aliphatic hydroxyl groups excluding tert-OH is 1. The first-order chi connectivity index (χ1) is 22.5. The van der Waals surface area contributed by atoms with Gasteiger partial charge in [0.1, 0.15) is 6.10 Å². The van der Waals surface area contributed by atoms with E-state index in [-0.39, 0.29) is 48.1 Å². The van der Waals surface area contributed by atoms with Crippen LogP contribution in [0.1, 0.15) is 35.3 Å². The van der Waals surface area contributed by atoms with Crippen LogP contribution in [0.5, 0.6) is 5.75 Å². The summed E-state index contributed by atoms with van der Waals surface area (Å²) in [5, 5.41) is 17.4. The van der Waals surface area contributed by atoms with E-state index in [0.717, 1.165) is 48.5 Å². The number of hydrogen-bond donors (Lipinski definition) is 4. The highest BCUT2D eigenvalue weighted by Gasteiger charge is 2.36. The van der Waals surface area contributed by atoms with E-state index in [1.807, 2.05) is 0 Å². The fraction of sp³-hybridized carbons (Fsp3) is 0.344. The number of urea groups is 2. The summed E-state index contributed by atoms with van der Waals surface area (Å²) < 4.78 is 83.9. The zero-order valence-electron chi connectivity index (χ0n) is 25.9. The van der Waals surface area contributed by atoms with E-state index in [4.69, 9.17) is 4.74 Å². The molecule has 5 amide bonds. The van der Waals surface area contributed by atoms with Crippen LogP contribution in [0, 0.1) is 5.92 Å². The van der Waals surface area contributed by atoms with Crippen molar-refractivity contribution in [3.05, 3.63) is 83.4 Å². The molecule has 0 bridgehead atoms. The zero-order valence-corrected chi connectivity index (χ0v) is 25.9. The van der Waals surface area contributed by atoms with E-state index in [1.165, 1.54) is 35.0 Å². The van der Waals surface area contributed by atoms with Gasteiger partial charge in [0.2, 0.25) is 0 Å². The molecule has 3 atom stereocenters. The standard InChI is InChI=1S/C32H33F6N5O5/c1-18-15-43(19(2)17-44)28(45)24-5-4-6-25(41-29(46)39-22-11-7-20(8-12-22)31(33,34)35)27(24)48-26(18)16-42(3)30(47)40-23-13-9-21(10-14-23)32(36,37)38/h4-14,18-19,26,44H,15-17H2,1-3H3,(H,40,47)(H2,39,41,46)/t18-,19-,26-/m0/s1. The van der Waals surface area contributed by atoms with Gasteiger partial charge in [-0.05, 0) is 67.6 Å². The number of benzene rings is 3. The first kappa shape index (κ1) is 35.9. The molecule has 4 rings (SSSR count). The first-order valence-electron chi connectivity index (χ1n) is 14.6. The molecule has 0 unspecified atom stereocenters. The quantitative estimate of drug-likeness (QED) is 0.206. The Balaban J connectivity index is 1.57. The molecule has 4 N–H and O–H groups in total. The third-order valence-corrected chi connectivity index (χ3v) is 7.67. The van der Waals surface area contributed by atoms with Crippen LogP contribution >= 0.6 is 0 Å². The number of aliphatic hydroxyl groups is 1. The number of carbonyl (C=O) groups excluding carboxylic acids is 3. The van der Waals surface area contributed by atoms with E-state index in [1.54, 1.807) is 13.8 Å². The van der Waals surface area contributed by atoms with Crippen LogP contribution in [0.4, 0.5) is 53.0 Å². The molecule has 0 aromatic heterocycles. The van der Waals surface area contributed by atoms with Crippen LogP contribution in [0.2, 0.25) is 0 Å². The van der Waals surface area contributed by atoms with Crippen molar-refractivity contribution in [1.29, 1.82) is 0 Å². The Kier molecular flexibility index (Phi) is 10.8. The number of carbonyl (C=O) groups is 3. The Hall–Kier alpha value is -4.99. The zero-order chi connectivity index (χ0) is 35.4. The van der Waals surface area contributed by atoms with Crippen molar-refractivity contribution in [2.75, 3.05) is 42.7 Å². The summed E-state index contributed by atoms with van der Waals surface area (Å²) in [4.78, 5) is 42.3. The third kappa shape index (κ3) is 8.67. The predicted octanol–water partition coefficient (Wildman–Crippen LogP) is 6.75. The molecular weight excluding hydrogens is 648 g/mol. The summed E-state index contributed by atoms with van der Waals surface area (Å²) >= 11 is 0. The summed E-state index contributed by atoms with van der Waals surface area (Å²) in [7, 11) is 1.44. The number of ether oxygens (including phenoxy) is 1. The lowest BCUT2D eigenvalue weighted by atomic mass is 9.99. The van der Waals surface area contributed by atoms with Gasteiger partial charge in [-0.1, -0.05) is 13.0 Å². The number of anilines is 3. The molecule has 48 heavy (non-hydrogen) atoms. The Morgan fingerprint density at radius 2 is 1.46 bits per heavy atom. The number of hydrogen-bond acceptors (Lipinski definition) is 5. The maximum absolute atomic E-state index is 13.7. The van der Waals surface area contributed by atoms with Gasteiger partial charge in [-0.2, -0.15) is 26.3 Å². The van der Waals surface area contributed by atoms with E-state index < -0.39 is 59.5 Å². The number of nitrogens with one attached hydrogen (secondary N) is 3. The fourth-order valence-corrected chi connectivity index (χ4v) is 4.90. The molecule has 0 aliphatic carbocycles. The Morgan fingerprint density at radius 3 is 1.98 bits per heavy atom. The summed E-state index contributed by atoms with van der Waals surface area (Å²) in [6.45, 7) is 3.09. The Morgan fingerprint density at radius 1 is 0.917 bits per heavy atom. The lowest BCUT2D eigenvalue weighted by Gasteiger charge is -2.38. The van der Waals surface area contributed by atoms with Gasteiger partial charge < -0.3 is 35.6 Å². The molecule has 1 aliphatic rings. The Bertz CT molecular complexity index is 1620. The molecule has 3 aromatic rings. The summed E-state index contributed by atoms with van der Waals surface area (Å²) in [6.07, 6.45) is -9.91. The van der Waals surface area contributed by atoms with Crippen LogP contribution in [-0.4, -0.2) is 71.8 Å². The van der Waals surface area contributed by atoms with Crippen molar-refractivity contribution in [1.82, 2.24) is 9.80 Å². The molecule has 3 aromatic carbocycles. The highest BCUT2D eigenvalue weighted by molar-refractivity contribution is 6.04. The van der Waals surface area contributed by atoms with Crippen LogP contribution in [0.25, 0.3) is 0 Å². The van der Waals surface area contributed by atoms with Gasteiger partial charge in [-0.15, -0.1) is 0 Å². The molecule has 0 spiro atoms. The van der Waals surface area contributed by atoms with Gasteiger partial charge >= 0.3 is 24.4 Å². The van der Waals surface area contributed by atoms with Gasteiger partial charge in [0.25, 0.3) is 5.91 Å². The second-order valence-electron chi connectivity index (χ2n) is 11.3. The minimum atomic E-state index is -4.56. The van der Waals surface area contributed by atoms with E-state index in [0.29, 0.717) is 0 Å². The van der Waals surface area contributed by atoms with Crippen LogP contribution in [0.15, 0.2) is 66.7 Å². The van der Waals surface area contributed by atoms with E-state index in [9.17, 15) is 45.8 Å². The first-order valence-corrected chi connectivity index (χ1v) is 14.6. The van der Waals surface area contributed by atoms with Gasteiger partial charge in [-0.25, -0.2) is 9.59 Å². The topological polar surface area (TPSA) is 123 Å². The molecule has 0 saturated heterocycles. The molecule has 16 heteroatoms. The minimum Gasteiger partial charge on any atom is -0.485 e. The summed E-state index contributed by atoms with van der Waals surface area (Å²) in [6, 6.07) is 9.95. The van der Waals surface area contributed by atoms with Crippen LogP contribution < -0.4 is 20.7 Å². The number of amides is 5. The number of fused-ring (bicyclic) bond motifs is 1. The largest absolute Gasteiger partial charge is 0.485 e. The number of para-hydroxylation sites is 1. The van der Waals surface area contributed by atoms with Gasteiger partial charge in [0, 0.05) is 30.9 Å². The van der Waals surface area contributed by atoms with Crippen molar-refractivity contribution < 1.29 is 50.6 Å². The number of nitrogens with zero attached hydrogens (tertiary/aromatic N) is 2. The molecular formula is C32H33F6N5O5. The average Bonchev–Trinajstić information content (AvgIpc) is 3.02. The SMILES string of the molecule is C[C@H]1CN([C@@H](C)CO)C(=O)c2cccc(NC(=O)Nc3ccc(C(F)(F)F)cc3)c2O[C@H]1CN(C)C(=O)Nc1ccc(C(F)(F)F)cc1. The van der Waals surface area contributed by atoms with Crippen molar-refractivity contribution in [3.8, 4) is 5.75 Å². The third-order valence-electron chi connectivity index (χ3n) is 7.67. The van der Waals surface area contributed by atoms with Crippen molar-refractivity contribution >= 4 is 35.0 Å². The van der Waals surface area contributed by atoms with Crippen LogP contribution in [0.3, 0.4) is 0 Å². The maximum atomic E-state index is 13.7. The molecule has 0 radical (unpaired) electrons. The average molecular weight is 682 g/mol. The summed E-state index contributed by atoms with van der Waals surface area (Å²) in [5.41, 5.74) is -1.51. The smallest absolute Gasteiger partial charge is 0.416 e. The number of alkyl halides is 6. The van der Waals surface area contributed by atoms with Gasteiger partial charge in [0.05, 0.1) is 41.6 Å². The second-order valence-corrected chi connectivity index (χ2v) is 11.3. The Labute approximate surface area is 271 Å². The van der Waals surface area contributed by atoms with Crippen molar-refractivity contribution in [3.63, 3.8) is 0 Å². The van der Waals surface area contributed by atoms with Gasteiger partial charge in [-0.3, -0.25) is 4.79 Å². The number of likely N-dealkylation sites (N-methyl/N-ethyl adjacent to an activating group) is 1. The normalized spacial score (nSPS) is 17.3. The van der Waals surface area contributed by atoms with Crippen molar-refractivity contribution in [2.24, 2.45) is 5.92 Å². The highest BCUT2D eigenvalue weighted by Crippen LogP contribution is 2.36. The lowest BCUT2D eigenvalue weighted by molar-refractivity contribution is -0.138. The summed E-state index contributed by atoms with van der Waals surface area (Å²) in [5.74, 6) is -1.00. The number of rotatable bonds is 7. The molecule has 0 fully saturated rings. The van der Waals surface area contributed by atoms with Crippen molar-refractivity contribution in [2.45, 2.75) is 38.3 Å². The van der Waals surface area contributed by atoms with Crippen LogP contribution in [-0.2, 0) is 12.4 Å². The fourth-order valence-electron chi connectivity index (χ4n) is 4.90. The number of halogens is 6. The minimum absolute atomic E-state index is 0.0383. The predicted molar refractivity (Wildman–Crippen MR) is 165 cm³/mol. The monoisotopic (exact) mass is 681 g/mol. The van der Waals surface area contributed by atoms with E-state index in [2.05, 4.69) is 16.0 Å². The molecule has 0 saturated carbocycles. The van der Waals surface area contributed by atoms with E-state index >= 15 is 0 Å². The second kappa shape index (κ2) is 14.4. The lowest BCUT2D eigenvalue weighted by Crippen LogP contribution is -2.50. The van der Waals surface area contributed by atoms with Gasteiger partial charge in [0.15, 0.2) is 5.75 Å². The molecule has 1 aliphatic heterocycles. The molecule has 10 nitrogen and oxygen atoms in total.